The van der Waals surface area contributed by atoms with Gasteiger partial charge in [-0.05, 0) is 49.2 Å². The van der Waals surface area contributed by atoms with E-state index in [0.29, 0.717) is 0 Å². The Kier molecular flexibility index (Phi) is 12.8. The molecule has 4 aromatic carbocycles. The Hall–Kier alpha value is -5.97. The summed E-state index contributed by atoms with van der Waals surface area (Å²) in [6.45, 7) is 2.64. The molecule has 4 aromatic rings. The molecule has 0 aromatic heterocycles. The second-order valence-electron chi connectivity index (χ2n) is 10.7. The third-order valence-electron chi connectivity index (χ3n) is 6.98. The number of hydrogen-bond donors (Lipinski definition) is 2. The van der Waals surface area contributed by atoms with Crippen LogP contribution >= 0.6 is 0 Å². The van der Waals surface area contributed by atoms with Gasteiger partial charge in [0.05, 0.1) is 12.1 Å². The van der Waals surface area contributed by atoms with Crippen molar-refractivity contribution in [3.05, 3.63) is 132 Å². The summed E-state index contributed by atoms with van der Waals surface area (Å²) >= 11 is 0. The Bertz CT molecular complexity index is 1530. The van der Waals surface area contributed by atoms with Crippen molar-refractivity contribution < 1.29 is 42.9 Å². The molecule has 0 heterocycles. The average molecular weight is 653 g/mol. The van der Waals surface area contributed by atoms with Crippen LogP contribution in [-0.2, 0) is 37.1 Å². The molecule has 0 spiro atoms. The molecule has 0 aliphatic heterocycles. The molecule has 4 atom stereocenters. The Labute approximate surface area is 278 Å². The van der Waals surface area contributed by atoms with Gasteiger partial charge in [0.25, 0.3) is 0 Å². The third kappa shape index (κ3) is 10.5. The molecule has 0 aliphatic carbocycles. The zero-order valence-electron chi connectivity index (χ0n) is 26.4. The van der Waals surface area contributed by atoms with Crippen LogP contribution in [0.4, 0.5) is 9.59 Å². The van der Waals surface area contributed by atoms with Crippen LogP contribution in [0.3, 0.4) is 0 Å². The molecule has 248 valence electrons. The highest BCUT2D eigenvalue weighted by atomic mass is 16.6. The zero-order chi connectivity index (χ0) is 34.3. The highest BCUT2D eigenvalue weighted by molar-refractivity contribution is 6.18. The monoisotopic (exact) mass is 652 g/mol. The molecule has 2 amide bonds. The number of Topliss-reactive ketones (excluding diaryl/α,β-unsaturated/α-hetero) is 3. The van der Waals surface area contributed by atoms with E-state index in [2.05, 4.69) is 10.6 Å². The van der Waals surface area contributed by atoms with E-state index in [4.69, 9.17) is 18.9 Å². The first-order valence-electron chi connectivity index (χ1n) is 15.2. The molecule has 0 fully saturated rings. The molecule has 11 heteroatoms. The molecule has 4 rings (SSSR count). The third-order valence-corrected chi connectivity index (χ3v) is 6.98. The minimum Gasteiger partial charge on any atom is -0.475 e. The topological polar surface area (TPSA) is 146 Å². The van der Waals surface area contributed by atoms with Crippen molar-refractivity contribution >= 4 is 29.5 Å². The maximum atomic E-state index is 14.2. The normalized spacial score (nSPS) is 13.0. The molecular formula is C37H36N2O9. The first-order valence-corrected chi connectivity index (χ1v) is 15.2. The van der Waals surface area contributed by atoms with Crippen LogP contribution in [0.1, 0.15) is 25.0 Å². The largest absolute Gasteiger partial charge is 0.475 e. The van der Waals surface area contributed by atoms with E-state index in [1.807, 2.05) is 12.1 Å². The van der Waals surface area contributed by atoms with E-state index >= 15 is 0 Å². The maximum Gasteiger partial charge on any atom is 0.408 e. The average Bonchev–Trinajstić information content (AvgIpc) is 3.12. The number of carbonyl (C=O) groups is 5. The Morgan fingerprint density at radius 2 is 0.792 bits per heavy atom. The van der Waals surface area contributed by atoms with Crippen LogP contribution in [0.15, 0.2) is 121 Å². The van der Waals surface area contributed by atoms with Gasteiger partial charge in [-0.15, -0.1) is 0 Å². The predicted octanol–water partition coefficient (Wildman–Crippen LogP) is 5.22. The summed E-state index contributed by atoms with van der Waals surface area (Å²) < 4.78 is 22.2. The lowest BCUT2D eigenvalue weighted by Gasteiger charge is -2.26. The van der Waals surface area contributed by atoms with Crippen molar-refractivity contribution in [1.29, 1.82) is 0 Å². The molecule has 2 N–H and O–H groups in total. The van der Waals surface area contributed by atoms with E-state index in [1.165, 1.54) is 38.1 Å². The number of amides is 2. The van der Waals surface area contributed by atoms with Gasteiger partial charge in [-0.25, -0.2) is 9.59 Å². The summed E-state index contributed by atoms with van der Waals surface area (Å²) in [5, 5.41) is 4.85. The fourth-order valence-corrected chi connectivity index (χ4v) is 4.40. The van der Waals surface area contributed by atoms with Gasteiger partial charge in [-0.2, -0.15) is 0 Å². The van der Waals surface area contributed by atoms with E-state index in [1.54, 1.807) is 84.9 Å². The van der Waals surface area contributed by atoms with Gasteiger partial charge >= 0.3 is 12.2 Å². The van der Waals surface area contributed by atoms with Crippen LogP contribution in [0.25, 0.3) is 0 Å². The highest BCUT2D eigenvalue weighted by Crippen LogP contribution is 2.19. The molecule has 11 nitrogen and oxygen atoms in total. The second-order valence-corrected chi connectivity index (χ2v) is 10.7. The lowest BCUT2D eigenvalue weighted by Crippen LogP contribution is -2.56. The summed E-state index contributed by atoms with van der Waals surface area (Å²) in [6, 6.07) is 31.4. The predicted molar refractivity (Wildman–Crippen MR) is 175 cm³/mol. The van der Waals surface area contributed by atoms with Gasteiger partial charge in [-0.3, -0.25) is 14.4 Å². The smallest absolute Gasteiger partial charge is 0.408 e. The lowest BCUT2D eigenvalue weighted by atomic mass is 9.96. The first kappa shape index (κ1) is 34.9. The van der Waals surface area contributed by atoms with Gasteiger partial charge < -0.3 is 29.6 Å². The number of benzene rings is 4. The van der Waals surface area contributed by atoms with Crippen molar-refractivity contribution in [2.24, 2.45) is 0 Å². The number of hydrogen-bond acceptors (Lipinski definition) is 9. The molecule has 48 heavy (non-hydrogen) atoms. The maximum absolute atomic E-state index is 14.2. The molecule has 0 radical (unpaired) electrons. The summed E-state index contributed by atoms with van der Waals surface area (Å²) in [6.07, 6.45) is -5.59. The van der Waals surface area contributed by atoms with Crippen LogP contribution in [0, 0.1) is 0 Å². The number of ether oxygens (including phenoxy) is 4. The van der Waals surface area contributed by atoms with E-state index < -0.39 is 53.8 Å². The van der Waals surface area contributed by atoms with Gasteiger partial charge in [0, 0.05) is 0 Å². The standard InChI is InChI=1S/C37H36N2O9/c1-25(38-36(43)45-23-27-15-7-3-8-16-27)31(40)34(47-29-19-11-5-12-20-29)33(42)35(48-30-21-13-6-14-22-30)32(41)26(2)39-37(44)46-24-28-17-9-4-10-18-28/h3-22,25-26,34-35H,23-24H2,1-2H3,(H,38,43)(H,39,44)/t25-,26-,34?,35?/m0/s1. The highest BCUT2D eigenvalue weighted by Gasteiger charge is 2.43. The van der Waals surface area contributed by atoms with Crippen LogP contribution in [0.5, 0.6) is 11.5 Å². The van der Waals surface area contributed by atoms with Crippen LogP contribution in [-0.4, -0.2) is 53.8 Å². The summed E-state index contributed by atoms with van der Waals surface area (Å²) in [5.41, 5.74) is 1.47. The molecular weight excluding hydrogens is 616 g/mol. The minimum atomic E-state index is -1.90. The zero-order valence-corrected chi connectivity index (χ0v) is 26.4. The van der Waals surface area contributed by atoms with Gasteiger partial charge in [0.1, 0.15) is 24.7 Å². The minimum absolute atomic E-state index is 0.0450. The van der Waals surface area contributed by atoms with E-state index in [-0.39, 0.29) is 24.7 Å². The molecule has 0 saturated heterocycles. The van der Waals surface area contributed by atoms with Crippen molar-refractivity contribution in [3.63, 3.8) is 0 Å². The fourth-order valence-electron chi connectivity index (χ4n) is 4.40. The quantitative estimate of drug-likeness (QED) is 0.156. The van der Waals surface area contributed by atoms with Crippen molar-refractivity contribution in [3.8, 4) is 11.5 Å². The fraction of sp³-hybridized carbons (Fsp3) is 0.216. The number of nitrogens with one attached hydrogen (secondary N) is 2. The summed E-state index contributed by atoms with van der Waals surface area (Å²) in [5.74, 6) is -2.46. The SMILES string of the molecule is C[C@H](NC(=O)OCc1ccccc1)C(=O)C(Oc1ccccc1)C(=O)C(Oc1ccccc1)C(=O)[C@H](C)NC(=O)OCc1ccccc1. The first-order chi connectivity index (χ1) is 23.2. The Morgan fingerprint density at radius 1 is 0.479 bits per heavy atom. The Morgan fingerprint density at radius 3 is 1.12 bits per heavy atom. The summed E-state index contributed by atoms with van der Waals surface area (Å²) in [4.78, 5) is 66.8. The molecule has 2 unspecified atom stereocenters. The van der Waals surface area contributed by atoms with Crippen molar-refractivity contribution in [2.75, 3.05) is 0 Å². The van der Waals surface area contributed by atoms with Gasteiger partial charge in [0.2, 0.25) is 29.6 Å². The molecule has 0 bridgehead atoms. The van der Waals surface area contributed by atoms with Crippen LogP contribution in [0.2, 0.25) is 0 Å². The second kappa shape index (κ2) is 17.7. The molecule has 0 saturated carbocycles. The number of carbonyl (C=O) groups excluding carboxylic acids is 5. The Balaban J connectivity index is 1.52. The van der Waals surface area contributed by atoms with Crippen molar-refractivity contribution in [2.45, 2.75) is 51.4 Å². The number of alkyl carbamates (subject to hydrolysis) is 2. The number of rotatable bonds is 16. The van der Waals surface area contributed by atoms with E-state index in [9.17, 15) is 24.0 Å². The van der Waals surface area contributed by atoms with Gasteiger partial charge in [-0.1, -0.05) is 97.1 Å². The molecule has 0 aliphatic rings. The van der Waals surface area contributed by atoms with Crippen molar-refractivity contribution in [1.82, 2.24) is 10.6 Å². The number of ketones is 3. The van der Waals surface area contributed by atoms with Crippen LogP contribution < -0.4 is 20.1 Å². The van der Waals surface area contributed by atoms with E-state index in [0.717, 1.165) is 11.1 Å². The van der Waals surface area contributed by atoms with Gasteiger partial charge in [0.15, 0.2) is 0 Å². The summed E-state index contributed by atoms with van der Waals surface area (Å²) in [7, 11) is 0. The lowest BCUT2D eigenvalue weighted by molar-refractivity contribution is -0.146. The number of para-hydroxylation sites is 2.